The van der Waals surface area contributed by atoms with Crippen LogP contribution in [-0.2, 0) is 0 Å². The Labute approximate surface area is 84.6 Å². The predicted molar refractivity (Wildman–Crippen MR) is 57.9 cm³/mol. The largest absolute Gasteiger partial charge is 0.302 e. The molecule has 1 aliphatic rings. The normalized spacial score (nSPS) is 25.0. The van der Waals surface area contributed by atoms with Crippen LogP contribution in [0.3, 0.4) is 0 Å². The maximum Gasteiger partial charge on any atom is 0.0285 e. The molecule has 0 aromatic carbocycles. The van der Waals surface area contributed by atoms with Gasteiger partial charge in [-0.2, -0.15) is 0 Å². The van der Waals surface area contributed by atoms with Gasteiger partial charge in [-0.3, -0.25) is 0 Å². The van der Waals surface area contributed by atoms with Crippen LogP contribution >= 0.6 is 15.9 Å². The van der Waals surface area contributed by atoms with Crippen LogP contribution in [0.4, 0.5) is 0 Å². The zero-order chi connectivity index (χ0) is 8.81. The Balaban J connectivity index is 1.93. The van der Waals surface area contributed by atoms with Crippen molar-refractivity contribution in [3.63, 3.8) is 0 Å². The molecule has 0 radical (unpaired) electrons. The second-order valence-electron chi connectivity index (χ2n) is 3.75. The Kier molecular flexibility index (Phi) is 5.24. The second-order valence-corrected chi connectivity index (χ2v) is 5.04. The molecule has 0 aromatic heterocycles. The van der Waals surface area contributed by atoms with E-state index in [9.17, 15) is 0 Å². The minimum atomic E-state index is 0.767. The van der Waals surface area contributed by atoms with Gasteiger partial charge in [0.15, 0.2) is 0 Å². The SMILES string of the molecule is CCCCCCN1CCC(Br)C1. The topological polar surface area (TPSA) is 3.24 Å². The summed E-state index contributed by atoms with van der Waals surface area (Å²) >= 11 is 3.66. The molecule has 1 saturated heterocycles. The molecule has 0 spiro atoms. The van der Waals surface area contributed by atoms with E-state index < -0.39 is 0 Å². The first-order chi connectivity index (χ1) is 5.83. The highest BCUT2D eigenvalue weighted by Gasteiger charge is 2.18. The molecule has 0 aliphatic carbocycles. The van der Waals surface area contributed by atoms with Gasteiger partial charge in [-0.15, -0.1) is 0 Å². The lowest BCUT2D eigenvalue weighted by Crippen LogP contribution is -2.21. The molecular formula is C10H20BrN. The van der Waals surface area contributed by atoms with Gasteiger partial charge in [-0.25, -0.2) is 0 Å². The van der Waals surface area contributed by atoms with E-state index in [2.05, 4.69) is 27.8 Å². The molecule has 1 rings (SSSR count). The van der Waals surface area contributed by atoms with E-state index in [4.69, 9.17) is 0 Å². The van der Waals surface area contributed by atoms with E-state index in [1.54, 1.807) is 0 Å². The lowest BCUT2D eigenvalue weighted by molar-refractivity contribution is 0.329. The third kappa shape index (κ3) is 3.90. The summed E-state index contributed by atoms with van der Waals surface area (Å²) in [6, 6.07) is 0. The van der Waals surface area contributed by atoms with Crippen LogP contribution in [0.1, 0.15) is 39.0 Å². The fraction of sp³-hybridized carbons (Fsp3) is 1.00. The van der Waals surface area contributed by atoms with Crippen molar-refractivity contribution in [2.75, 3.05) is 19.6 Å². The highest BCUT2D eigenvalue weighted by atomic mass is 79.9. The summed E-state index contributed by atoms with van der Waals surface area (Å²) in [6.07, 6.45) is 6.91. The Morgan fingerprint density at radius 3 is 2.75 bits per heavy atom. The first-order valence-electron chi connectivity index (χ1n) is 5.19. The fourth-order valence-corrected chi connectivity index (χ4v) is 2.36. The third-order valence-corrected chi connectivity index (χ3v) is 3.29. The Morgan fingerprint density at radius 2 is 2.17 bits per heavy atom. The minimum Gasteiger partial charge on any atom is -0.302 e. The van der Waals surface area contributed by atoms with Crippen molar-refractivity contribution in [1.29, 1.82) is 0 Å². The zero-order valence-corrected chi connectivity index (χ0v) is 9.65. The maximum absolute atomic E-state index is 3.66. The quantitative estimate of drug-likeness (QED) is 0.522. The van der Waals surface area contributed by atoms with Crippen molar-refractivity contribution in [2.24, 2.45) is 0 Å². The van der Waals surface area contributed by atoms with Gasteiger partial charge in [-0.1, -0.05) is 42.1 Å². The van der Waals surface area contributed by atoms with Gasteiger partial charge in [-0.05, 0) is 25.9 Å². The van der Waals surface area contributed by atoms with Crippen molar-refractivity contribution in [1.82, 2.24) is 4.90 Å². The van der Waals surface area contributed by atoms with E-state index >= 15 is 0 Å². The van der Waals surface area contributed by atoms with Crippen molar-refractivity contribution in [2.45, 2.75) is 43.9 Å². The molecule has 1 fully saturated rings. The summed E-state index contributed by atoms with van der Waals surface area (Å²) in [7, 11) is 0. The van der Waals surface area contributed by atoms with Crippen LogP contribution in [-0.4, -0.2) is 29.4 Å². The van der Waals surface area contributed by atoms with Crippen molar-refractivity contribution < 1.29 is 0 Å². The fourth-order valence-electron chi connectivity index (χ4n) is 1.75. The van der Waals surface area contributed by atoms with Crippen LogP contribution in [0.2, 0.25) is 0 Å². The molecule has 12 heavy (non-hydrogen) atoms. The van der Waals surface area contributed by atoms with E-state index in [0.29, 0.717) is 0 Å². The molecule has 0 aromatic rings. The van der Waals surface area contributed by atoms with Gasteiger partial charge in [0.05, 0.1) is 0 Å². The number of hydrogen-bond acceptors (Lipinski definition) is 1. The third-order valence-electron chi connectivity index (χ3n) is 2.54. The Morgan fingerprint density at radius 1 is 1.33 bits per heavy atom. The van der Waals surface area contributed by atoms with Gasteiger partial charge in [0.25, 0.3) is 0 Å². The highest BCUT2D eigenvalue weighted by Crippen LogP contribution is 2.16. The molecule has 2 heteroatoms. The standard InChI is InChI=1S/C10H20BrN/c1-2-3-4-5-7-12-8-6-10(11)9-12/h10H,2-9H2,1H3. The second kappa shape index (κ2) is 5.98. The number of nitrogens with zero attached hydrogens (tertiary/aromatic N) is 1. The molecule has 1 aliphatic heterocycles. The predicted octanol–water partition coefficient (Wildman–Crippen LogP) is 3.04. The molecule has 72 valence electrons. The molecule has 1 unspecified atom stereocenters. The van der Waals surface area contributed by atoms with Crippen molar-refractivity contribution in [3.05, 3.63) is 0 Å². The lowest BCUT2D eigenvalue weighted by Gasteiger charge is -2.13. The monoisotopic (exact) mass is 233 g/mol. The number of alkyl halides is 1. The Bertz CT molecular complexity index is 116. The molecule has 1 atom stereocenters. The zero-order valence-electron chi connectivity index (χ0n) is 8.06. The summed E-state index contributed by atoms with van der Waals surface area (Å²) in [4.78, 5) is 3.35. The summed E-state index contributed by atoms with van der Waals surface area (Å²) in [5, 5.41) is 0. The highest BCUT2D eigenvalue weighted by molar-refractivity contribution is 9.09. The number of rotatable bonds is 5. The molecule has 0 saturated carbocycles. The van der Waals surface area contributed by atoms with Crippen LogP contribution in [0.25, 0.3) is 0 Å². The average Bonchev–Trinajstić information content (AvgIpc) is 2.45. The van der Waals surface area contributed by atoms with E-state index in [-0.39, 0.29) is 0 Å². The lowest BCUT2D eigenvalue weighted by atomic mass is 10.2. The number of halogens is 1. The van der Waals surface area contributed by atoms with Gasteiger partial charge in [0, 0.05) is 11.4 Å². The minimum absolute atomic E-state index is 0.767. The van der Waals surface area contributed by atoms with Crippen molar-refractivity contribution in [3.8, 4) is 0 Å². The summed E-state index contributed by atoms with van der Waals surface area (Å²) in [5.74, 6) is 0. The van der Waals surface area contributed by atoms with Crippen LogP contribution in [0.15, 0.2) is 0 Å². The van der Waals surface area contributed by atoms with E-state index in [0.717, 1.165) is 4.83 Å². The van der Waals surface area contributed by atoms with Gasteiger partial charge < -0.3 is 4.90 Å². The molecule has 1 nitrogen and oxygen atoms in total. The van der Waals surface area contributed by atoms with Gasteiger partial charge in [0.1, 0.15) is 0 Å². The summed E-state index contributed by atoms with van der Waals surface area (Å²) in [5.41, 5.74) is 0. The molecule has 1 heterocycles. The average molecular weight is 234 g/mol. The molecular weight excluding hydrogens is 214 g/mol. The summed E-state index contributed by atoms with van der Waals surface area (Å²) < 4.78 is 0. The van der Waals surface area contributed by atoms with E-state index in [1.807, 2.05) is 0 Å². The molecule has 0 N–H and O–H groups in total. The van der Waals surface area contributed by atoms with E-state index in [1.165, 1.54) is 51.7 Å². The smallest absolute Gasteiger partial charge is 0.0285 e. The molecule has 0 bridgehead atoms. The van der Waals surface area contributed by atoms with Crippen LogP contribution < -0.4 is 0 Å². The van der Waals surface area contributed by atoms with Gasteiger partial charge >= 0.3 is 0 Å². The number of likely N-dealkylation sites (tertiary alicyclic amines) is 1. The van der Waals surface area contributed by atoms with Crippen LogP contribution in [0.5, 0.6) is 0 Å². The number of unbranched alkanes of at least 4 members (excludes halogenated alkanes) is 3. The van der Waals surface area contributed by atoms with Crippen molar-refractivity contribution >= 4 is 15.9 Å². The maximum atomic E-state index is 3.66. The first kappa shape index (κ1) is 10.5. The Hall–Kier alpha value is 0.440. The number of hydrogen-bond donors (Lipinski definition) is 0. The van der Waals surface area contributed by atoms with Crippen LogP contribution in [0, 0.1) is 0 Å². The summed E-state index contributed by atoms with van der Waals surface area (Å²) in [6.45, 7) is 6.17. The van der Waals surface area contributed by atoms with Gasteiger partial charge in [0.2, 0.25) is 0 Å². The molecule has 0 amide bonds. The first-order valence-corrected chi connectivity index (χ1v) is 6.11.